The van der Waals surface area contributed by atoms with Crippen LogP contribution in [-0.2, 0) is 8.92 Å². The van der Waals surface area contributed by atoms with E-state index in [1.165, 1.54) is 116 Å². The summed E-state index contributed by atoms with van der Waals surface area (Å²) in [6.45, 7) is 5.94. The molecule has 0 N–H and O–H groups in total. The molecule has 2 saturated heterocycles. The van der Waals surface area contributed by atoms with Crippen LogP contribution in [0.1, 0.15) is 89.9 Å². The van der Waals surface area contributed by atoms with Crippen LogP contribution in [0, 0.1) is 47.3 Å². The fraction of sp³-hybridized carbons (Fsp3) is 1.00. The third-order valence-corrected chi connectivity index (χ3v) is 11.7. The molecule has 2 heterocycles. The first kappa shape index (κ1) is 25.8. The van der Waals surface area contributed by atoms with E-state index in [0.29, 0.717) is 0 Å². The maximum absolute atomic E-state index is 5.29. The SMILES string of the molecule is COCN1CCC2C(CCC3CCCCC32)C1.COSN1CCC2C(CCC3CCCCC32)C1. The van der Waals surface area contributed by atoms with Gasteiger partial charge in [-0.2, -0.15) is 0 Å². The topological polar surface area (TPSA) is 24.9 Å². The number of hydrogen-bond acceptors (Lipinski definition) is 5. The van der Waals surface area contributed by atoms with E-state index in [1.807, 2.05) is 7.11 Å². The molecule has 0 amide bonds. The molecule has 6 fully saturated rings. The smallest absolute Gasteiger partial charge is 0.0986 e. The van der Waals surface area contributed by atoms with Gasteiger partial charge in [-0.25, -0.2) is 4.31 Å². The van der Waals surface area contributed by atoms with Crippen molar-refractivity contribution < 1.29 is 8.92 Å². The standard InChI is InChI=1S/C15H27NO.C14H25NOS/c1-17-11-16-9-8-15-13(10-16)7-6-12-4-2-3-5-14(12)15;1-16-17-15-9-8-14-12(10-15)7-6-11-4-2-3-5-13(11)14/h12-15H,2-11H2,1H3;11-14H,2-10H2,1H3. The quantitative estimate of drug-likeness (QED) is 0.315. The van der Waals surface area contributed by atoms with E-state index in [-0.39, 0.29) is 0 Å². The van der Waals surface area contributed by atoms with Crippen LogP contribution in [0.2, 0.25) is 0 Å². The summed E-state index contributed by atoms with van der Waals surface area (Å²) in [7, 11) is 3.61. The number of rotatable bonds is 4. The van der Waals surface area contributed by atoms with Gasteiger partial charge in [0.1, 0.15) is 0 Å². The molecule has 8 atom stereocenters. The Morgan fingerprint density at radius 2 is 1.12 bits per heavy atom. The van der Waals surface area contributed by atoms with Crippen molar-refractivity contribution in [3.63, 3.8) is 0 Å². The van der Waals surface area contributed by atoms with Crippen LogP contribution in [0.4, 0.5) is 0 Å². The Morgan fingerprint density at radius 1 is 0.588 bits per heavy atom. The molecule has 4 nitrogen and oxygen atoms in total. The van der Waals surface area contributed by atoms with E-state index in [0.717, 1.165) is 54.1 Å². The first-order valence-electron chi connectivity index (χ1n) is 14.9. The number of methoxy groups -OCH3 is 1. The van der Waals surface area contributed by atoms with Crippen LogP contribution in [0.15, 0.2) is 0 Å². The molecule has 0 aromatic carbocycles. The number of ether oxygens (including phenoxy) is 1. The van der Waals surface area contributed by atoms with Crippen LogP contribution in [0.25, 0.3) is 0 Å². The van der Waals surface area contributed by atoms with Crippen molar-refractivity contribution in [2.75, 3.05) is 47.1 Å². The Bertz CT molecular complexity index is 569. The van der Waals surface area contributed by atoms with Crippen LogP contribution in [-0.4, -0.2) is 56.3 Å². The Kier molecular flexibility index (Phi) is 9.59. The van der Waals surface area contributed by atoms with Crippen molar-refractivity contribution in [2.24, 2.45) is 47.3 Å². The molecule has 196 valence electrons. The highest BCUT2D eigenvalue weighted by Gasteiger charge is 2.43. The molecule has 4 aliphatic carbocycles. The second-order valence-corrected chi connectivity index (χ2v) is 13.6. The minimum absolute atomic E-state index is 0.845. The van der Waals surface area contributed by atoms with Crippen LogP contribution in [0.3, 0.4) is 0 Å². The summed E-state index contributed by atoms with van der Waals surface area (Å²) >= 11 is 1.57. The van der Waals surface area contributed by atoms with Crippen molar-refractivity contribution in [3.8, 4) is 0 Å². The van der Waals surface area contributed by atoms with Crippen molar-refractivity contribution in [3.05, 3.63) is 0 Å². The van der Waals surface area contributed by atoms with Gasteiger partial charge in [-0.1, -0.05) is 38.5 Å². The lowest BCUT2D eigenvalue weighted by molar-refractivity contribution is -0.0371. The summed E-state index contributed by atoms with van der Waals surface area (Å²) in [5, 5.41) is 0. The number of fused-ring (bicyclic) bond motifs is 6. The predicted octanol–water partition coefficient (Wildman–Crippen LogP) is 6.86. The summed E-state index contributed by atoms with van der Waals surface area (Å²) < 4.78 is 12.9. The molecule has 5 heteroatoms. The predicted molar refractivity (Wildman–Crippen MR) is 142 cm³/mol. The number of hydrogen-bond donors (Lipinski definition) is 0. The van der Waals surface area contributed by atoms with Crippen LogP contribution >= 0.6 is 12.2 Å². The third kappa shape index (κ3) is 6.01. The van der Waals surface area contributed by atoms with Crippen molar-refractivity contribution in [2.45, 2.75) is 89.9 Å². The molecule has 4 saturated carbocycles. The summed E-state index contributed by atoms with van der Waals surface area (Å²) in [5.74, 6) is 8.41. The summed E-state index contributed by atoms with van der Waals surface area (Å²) in [5.41, 5.74) is 0. The molecule has 8 unspecified atom stereocenters. The van der Waals surface area contributed by atoms with E-state index >= 15 is 0 Å². The highest BCUT2D eigenvalue weighted by atomic mass is 32.2. The molecule has 0 aromatic heterocycles. The highest BCUT2D eigenvalue weighted by molar-refractivity contribution is 7.92. The third-order valence-electron chi connectivity index (χ3n) is 11.0. The second kappa shape index (κ2) is 12.6. The van der Waals surface area contributed by atoms with Crippen LogP contribution in [0.5, 0.6) is 0 Å². The van der Waals surface area contributed by atoms with Gasteiger partial charge in [0.2, 0.25) is 0 Å². The van der Waals surface area contributed by atoms with Gasteiger partial charge < -0.3 is 8.92 Å². The van der Waals surface area contributed by atoms with E-state index in [2.05, 4.69) is 9.21 Å². The first-order valence-corrected chi connectivity index (χ1v) is 15.6. The summed E-state index contributed by atoms with van der Waals surface area (Å²) in [6.07, 6.45) is 21.0. The number of nitrogens with zero attached hydrogens (tertiary/aromatic N) is 2. The molecule has 6 aliphatic rings. The molecular weight excluding hydrogens is 440 g/mol. The Labute approximate surface area is 214 Å². The van der Waals surface area contributed by atoms with Gasteiger partial charge in [-0.3, -0.25) is 4.90 Å². The lowest BCUT2D eigenvalue weighted by Gasteiger charge is -2.50. The molecule has 0 bridgehead atoms. The largest absolute Gasteiger partial charge is 0.369 e. The minimum atomic E-state index is 0.845. The van der Waals surface area contributed by atoms with Gasteiger partial charge in [-0.15, -0.1) is 0 Å². The monoisotopic (exact) mass is 492 g/mol. The van der Waals surface area contributed by atoms with Gasteiger partial charge in [-0.05, 0) is 98.7 Å². The zero-order valence-corrected chi connectivity index (χ0v) is 23.0. The average molecular weight is 493 g/mol. The Balaban J connectivity index is 0.000000142. The molecular formula is C29H52N2O2S. The molecule has 2 aliphatic heterocycles. The number of piperidine rings is 2. The van der Waals surface area contributed by atoms with Crippen LogP contribution < -0.4 is 0 Å². The minimum Gasteiger partial charge on any atom is -0.369 e. The molecule has 0 radical (unpaired) electrons. The van der Waals surface area contributed by atoms with E-state index in [9.17, 15) is 0 Å². The maximum Gasteiger partial charge on any atom is 0.0986 e. The van der Waals surface area contributed by atoms with Gasteiger partial charge in [0.25, 0.3) is 0 Å². The van der Waals surface area contributed by atoms with Gasteiger partial charge in [0, 0.05) is 33.3 Å². The average Bonchev–Trinajstić information content (AvgIpc) is 2.89. The fourth-order valence-corrected chi connectivity index (χ4v) is 10.2. The van der Waals surface area contributed by atoms with Crippen molar-refractivity contribution in [1.29, 1.82) is 0 Å². The normalized spacial score (nSPS) is 42.9. The van der Waals surface area contributed by atoms with E-state index < -0.39 is 0 Å². The summed E-state index contributed by atoms with van der Waals surface area (Å²) in [4.78, 5) is 2.52. The first-order chi connectivity index (χ1) is 16.8. The zero-order chi connectivity index (χ0) is 23.3. The molecule has 0 aromatic rings. The molecule has 6 rings (SSSR count). The van der Waals surface area contributed by atoms with Gasteiger partial charge in [0.05, 0.1) is 26.1 Å². The second-order valence-electron chi connectivity index (χ2n) is 12.6. The molecule has 0 spiro atoms. The van der Waals surface area contributed by atoms with E-state index in [1.54, 1.807) is 19.3 Å². The zero-order valence-electron chi connectivity index (χ0n) is 22.2. The fourth-order valence-electron chi connectivity index (χ4n) is 9.53. The number of likely N-dealkylation sites (tertiary alicyclic amines) is 1. The highest BCUT2D eigenvalue weighted by Crippen LogP contribution is 2.50. The summed E-state index contributed by atoms with van der Waals surface area (Å²) in [6, 6.07) is 0. The van der Waals surface area contributed by atoms with Gasteiger partial charge in [0.15, 0.2) is 0 Å². The Morgan fingerprint density at radius 3 is 1.74 bits per heavy atom. The lowest BCUT2D eigenvalue weighted by atomic mass is 9.59. The Hall–Kier alpha value is 0.190. The lowest BCUT2D eigenvalue weighted by Crippen LogP contribution is -2.48. The van der Waals surface area contributed by atoms with Crippen molar-refractivity contribution >= 4 is 12.2 Å². The van der Waals surface area contributed by atoms with Crippen molar-refractivity contribution in [1.82, 2.24) is 9.21 Å². The molecule has 34 heavy (non-hydrogen) atoms. The van der Waals surface area contributed by atoms with Gasteiger partial charge >= 0.3 is 0 Å². The van der Waals surface area contributed by atoms with E-state index in [4.69, 9.17) is 8.92 Å². The maximum atomic E-state index is 5.29.